The number of nitrogens with zero attached hydrogens (tertiary/aromatic N) is 1. The summed E-state index contributed by atoms with van der Waals surface area (Å²) in [5.74, 6) is -0.115. The fourth-order valence-corrected chi connectivity index (χ4v) is 5.26. The Labute approximate surface area is 163 Å². The van der Waals surface area contributed by atoms with Gasteiger partial charge in [-0.1, -0.05) is 25.7 Å². The number of carbonyl (C=O) groups excluding carboxylic acids is 1. The predicted octanol–water partition coefficient (Wildman–Crippen LogP) is 3.40. The van der Waals surface area contributed by atoms with Crippen molar-refractivity contribution >= 4 is 15.7 Å². The summed E-state index contributed by atoms with van der Waals surface area (Å²) in [7, 11) is -3.30. The van der Waals surface area contributed by atoms with Gasteiger partial charge in [0.15, 0.2) is 9.84 Å². The van der Waals surface area contributed by atoms with Gasteiger partial charge in [-0.05, 0) is 57.4 Å². The van der Waals surface area contributed by atoms with Crippen LogP contribution in [0, 0.1) is 0 Å². The molecule has 1 aliphatic heterocycles. The maximum absolute atomic E-state index is 12.6. The van der Waals surface area contributed by atoms with Crippen LogP contribution in [0.2, 0.25) is 0 Å². The second kappa shape index (κ2) is 8.74. The SMILES string of the molecule is CC(C)S(=O)(=O)c1ccc(C(=O)NC2CCN(C3CCCCCC3)C2)cc1. The molecule has 1 aromatic carbocycles. The lowest BCUT2D eigenvalue weighted by molar-refractivity contribution is 0.0935. The summed E-state index contributed by atoms with van der Waals surface area (Å²) in [4.78, 5) is 15.4. The van der Waals surface area contributed by atoms with E-state index >= 15 is 0 Å². The molecule has 150 valence electrons. The molecule has 1 saturated heterocycles. The van der Waals surface area contributed by atoms with Gasteiger partial charge in [-0.15, -0.1) is 0 Å². The number of carbonyl (C=O) groups is 1. The van der Waals surface area contributed by atoms with E-state index in [4.69, 9.17) is 0 Å². The van der Waals surface area contributed by atoms with E-state index < -0.39 is 15.1 Å². The van der Waals surface area contributed by atoms with Crippen LogP contribution in [0.1, 0.15) is 69.2 Å². The largest absolute Gasteiger partial charge is 0.348 e. The van der Waals surface area contributed by atoms with Crippen LogP contribution >= 0.6 is 0 Å². The van der Waals surface area contributed by atoms with Gasteiger partial charge in [0.1, 0.15) is 0 Å². The molecule has 6 heteroatoms. The molecule has 1 aromatic rings. The number of likely N-dealkylation sites (tertiary alicyclic amines) is 1. The molecule has 1 amide bonds. The Bertz CT molecular complexity index is 735. The van der Waals surface area contributed by atoms with Gasteiger partial charge < -0.3 is 5.32 Å². The van der Waals surface area contributed by atoms with Crippen LogP contribution in [0.25, 0.3) is 0 Å². The zero-order chi connectivity index (χ0) is 19.4. The minimum atomic E-state index is -3.30. The summed E-state index contributed by atoms with van der Waals surface area (Å²) >= 11 is 0. The lowest BCUT2D eigenvalue weighted by Crippen LogP contribution is -2.39. The van der Waals surface area contributed by atoms with E-state index in [1.807, 2.05) is 0 Å². The molecule has 0 spiro atoms. The van der Waals surface area contributed by atoms with Crippen LogP contribution in [0.15, 0.2) is 29.2 Å². The molecule has 0 bridgehead atoms. The quantitative estimate of drug-likeness (QED) is 0.780. The smallest absolute Gasteiger partial charge is 0.251 e. The third kappa shape index (κ3) is 4.91. The molecule has 3 rings (SSSR count). The number of amides is 1. The molecule has 1 aliphatic carbocycles. The predicted molar refractivity (Wildman–Crippen MR) is 108 cm³/mol. The summed E-state index contributed by atoms with van der Waals surface area (Å²) in [6.45, 7) is 5.31. The molecule has 27 heavy (non-hydrogen) atoms. The van der Waals surface area contributed by atoms with Crippen LogP contribution in [-0.2, 0) is 9.84 Å². The van der Waals surface area contributed by atoms with E-state index in [1.54, 1.807) is 26.0 Å². The van der Waals surface area contributed by atoms with Crippen molar-refractivity contribution in [3.63, 3.8) is 0 Å². The van der Waals surface area contributed by atoms with Crippen LogP contribution in [-0.4, -0.2) is 49.6 Å². The fourth-order valence-electron chi connectivity index (χ4n) is 4.20. The zero-order valence-corrected chi connectivity index (χ0v) is 17.3. The van der Waals surface area contributed by atoms with Gasteiger partial charge in [-0.25, -0.2) is 8.42 Å². The first-order valence-corrected chi connectivity index (χ1v) is 11.8. The molecule has 2 aliphatic rings. The van der Waals surface area contributed by atoms with Gasteiger partial charge in [0.05, 0.1) is 10.1 Å². The average Bonchev–Trinajstić information content (AvgIpc) is 2.94. The second-order valence-corrected chi connectivity index (χ2v) is 10.7. The Morgan fingerprint density at radius 3 is 2.26 bits per heavy atom. The number of sulfone groups is 1. The minimum absolute atomic E-state index is 0.115. The van der Waals surface area contributed by atoms with E-state index in [2.05, 4.69) is 10.2 Å². The highest BCUT2D eigenvalue weighted by Gasteiger charge is 2.29. The number of nitrogens with one attached hydrogen (secondary N) is 1. The maximum atomic E-state index is 12.6. The summed E-state index contributed by atoms with van der Waals surface area (Å²) in [6.07, 6.45) is 8.91. The van der Waals surface area contributed by atoms with Crippen molar-refractivity contribution in [2.24, 2.45) is 0 Å². The number of rotatable bonds is 5. The Morgan fingerprint density at radius 1 is 1.04 bits per heavy atom. The normalized spacial score (nSPS) is 22.7. The van der Waals surface area contributed by atoms with Crippen LogP contribution < -0.4 is 5.32 Å². The third-order valence-electron chi connectivity index (χ3n) is 5.96. The molecule has 1 unspecified atom stereocenters. The lowest BCUT2D eigenvalue weighted by atomic mass is 10.1. The second-order valence-electron chi connectivity index (χ2n) is 8.22. The zero-order valence-electron chi connectivity index (χ0n) is 16.5. The van der Waals surface area contributed by atoms with Crippen molar-refractivity contribution < 1.29 is 13.2 Å². The van der Waals surface area contributed by atoms with Gasteiger partial charge in [0.25, 0.3) is 5.91 Å². The van der Waals surface area contributed by atoms with E-state index in [-0.39, 0.29) is 16.8 Å². The van der Waals surface area contributed by atoms with Crippen LogP contribution in [0.5, 0.6) is 0 Å². The van der Waals surface area contributed by atoms with E-state index in [0.717, 1.165) is 19.5 Å². The summed E-state index contributed by atoms with van der Waals surface area (Å²) in [6, 6.07) is 7.16. The summed E-state index contributed by atoms with van der Waals surface area (Å²) in [5, 5.41) is 2.66. The Hall–Kier alpha value is -1.40. The topological polar surface area (TPSA) is 66.5 Å². The van der Waals surface area contributed by atoms with E-state index in [0.29, 0.717) is 11.6 Å². The van der Waals surface area contributed by atoms with Gasteiger partial charge >= 0.3 is 0 Å². The first kappa shape index (κ1) is 20.3. The molecule has 0 radical (unpaired) electrons. The molecule has 1 N–H and O–H groups in total. The van der Waals surface area contributed by atoms with Crippen LogP contribution in [0.4, 0.5) is 0 Å². The molecule has 1 atom stereocenters. The molecule has 5 nitrogen and oxygen atoms in total. The summed E-state index contributed by atoms with van der Waals surface area (Å²) in [5.41, 5.74) is 0.519. The third-order valence-corrected chi connectivity index (χ3v) is 8.13. The van der Waals surface area contributed by atoms with E-state index in [1.165, 1.54) is 50.7 Å². The van der Waals surface area contributed by atoms with Gasteiger partial charge in [0.2, 0.25) is 0 Å². The summed E-state index contributed by atoms with van der Waals surface area (Å²) < 4.78 is 24.4. The lowest BCUT2D eigenvalue weighted by Gasteiger charge is -2.26. The maximum Gasteiger partial charge on any atom is 0.251 e. The Balaban J connectivity index is 1.56. The molecular formula is C21H32N2O3S. The van der Waals surface area contributed by atoms with Gasteiger partial charge in [-0.2, -0.15) is 0 Å². The van der Waals surface area contributed by atoms with Crippen molar-refractivity contribution in [3.8, 4) is 0 Å². The average molecular weight is 393 g/mol. The highest BCUT2D eigenvalue weighted by atomic mass is 32.2. The minimum Gasteiger partial charge on any atom is -0.348 e. The Morgan fingerprint density at radius 2 is 1.67 bits per heavy atom. The van der Waals surface area contributed by atoms with Crippen molar-refractivity contribution in [1.82, 2.24) is 10.2 Å². The first-order valence-electron chi connectivity index (χ1n) is 10.3. The molecule has 2 fully saturated rings. The molecule has 0 aromatic heterocycles. The fraction of sp³-hybridized carbons (Fsp3) is 0.667. The first-order chi connectivity index (χ1) is 12.9. The van der Waals surface area contributed by atoms with Gasteiger partial charge in [-0.3, -0.25) is 9.69 Å². The van der Waals surface area contributed by atoms with E-state index in [9.17, 15) is 13.2 Å². The van der Waals surface area contributed by atoms with Crippen LogP contribution in [0.3, 0.4) is 0 Å². The molecule has 1 heterocycles. The van der Waals surface area contributed by atoms with Gasteiger partial charge in [0, 0.05) is 30.7 Å². The Kier molecular flexibility index (Phi) is 6.58. The monoisotopic (exact) mass is 392 g/mol. The van der Waals surface area contributed by atoms with Crippen molar-refractivity contribution in [3.05, 3.63) is 29.8 Å². The standard InChI is InChI=1S/C21H32N2O3S/c1-16(2)27(25,26)20-11-9-17(10-12-20)21(24)22-18-13-14-23(15-18)19-7-5-3-4-6-8-19/h9-12,16,18-19H,3-8,13-15H2,1-2H3,(H,22,24). The number of benzene rings is 1. The highest BCUT2D eigenvalue weighted by Crippen LogP contribution is 2.25. The number of hydrogen-bond acceptors (Lipinski definition) is 4. The van der Waals surface area contributed by atoms with Crippen molar-refractivity contribution in [2.45, 2.75) is 81.0 Å². The van der Waals surface area contributed by atoms with Crippen molar-refractivity contribution in [2.75, 3.05) is 13.1 Å². The van der Waals surface area contributed by atoms with Crippen molar-refractivity contribution in [1.29, 1.82) is 0 Å². The molecule has 1 saturated carbocycles. The number of hydrogen-bond donors (Lipinski definition) is 1. The molecular weight excluding hydrogens is 360 g/mol. The highest BCUT2D eigenvalue weighted by molar-refractivity contribution is 7.92.